The molecule has 0 saturated carbocycles. The first-order chi connectivity index (χ1) is 20.8. The Labute approximate surface area is 251 Å². The molecule has 2 aliphatic heterocycles. The Morgan fingerprint density at radius 1 is 0.860 bits per heavy atom. The second-order valence-electron chi connectivity index (χ2n) is 11.2. The molecule has 0 aliphatic carbocycles. The quantitative estimate of drug-likeness (QED) is 0.339. The van der Waals surface area contributed by atoms with Gasteiger partial charge >= 0.3 is 12.1 Å². The average molecular weight is 593 g/mol. The summed E-state index contributed by atoms with van der Waals surface area (Å²) in [7, 11) is 0. The number of nitrogens with one attached hydrogen (secondary N) is 2. The Kier molecular flexibility index (Phi) is 11.5. The molecule has 11 heteroatoms. The fraction of sp³-hybridized carbons (Fsp3) is 0.469. The summed E-state index contributed by atoms with van der Waals surface area (Å²) in [5.41, 5.74) is 1.30. The number of amides is 4. The summed E-state index contributed by atoms with van der Waals surface area (Å²) in [6.45, 7) is 2.25. The van der Waals surface area contributed by atoms with Gasteiger partial charge in [-0.3, -0.25) is 19.2 Å². The van der Waals surface area contributed by atoms with Crippen LogP contribution >= 0.6 is 0 Å². The number of aliphatic carboxylic acids is 1. The first-order valence-electron chi connectivity index (χ1n) is 14.9. The van der Waals surface area contributed by atoms with Crippen LogP contribution in [0.25, 0.3) is 0 Å². The third-order valence-electron chi connectivity index (χ3n) is 8.03. The number of benzene rings is 2. The number of carbonyl (C=O) groups excluding carboxylic acids is 4. The topological polar surface area (TPSA) is 145 Å². The van der Waals surface area contributed by atoms with Crippen molar-refractivity contribution in [3.05, 3.63) is 71.8 Å². The van der Waals surface area contributed by atoms with Crippen LogP contribution in [0.1, 0.15) is 60.9 Å². The Bertz CT molecular complexity index is 1250. The molecule has 4 amide bonds. The molecule has 230 valence electrons. The molecule has 0 bridgehead atoms. The molecule has 4 rings (SSSR count). The summed E-state index contributed by atoms with van der Waals surface area (Å²) in [5.74, 6) is -2.20. The molecular formula is C32H40N4O7. The van der Waals surface area contributed by atoms with Crippen molar-refractivity contribution in [3.8, 4) is 0 Å². The summed E-state index contributed by atoms with van der Waals surface area (Å²) in [6.07, 6.45) is 2.05. The molecule has 2 atom stereocenters. The lowest BCUT2D eigenvalue weighted by Gasteiger charge is -2.34. The number of likely N-dealkylation sites (tertiary alicyclic amines) is 2. The zero-order chi connectivity index (χ0) is 30.6. The van der Waals surface area contributed by atoms with Crippen molar-refractivity contribution in [1.29, 1.82) is 0 Å². The summed E-state index contributed by atoms with van der Waals surface area (Å²) in [5, 5.41) is 14.5. The highest BCUT2D eigenvalue weighted by Crippen LogP contribution is 2.24. The molecule has 2 aromatic rings. The summed E-state index contributed by atoms with van der Waals surface area (Å²) in [6, 6.07) is 17.9. The molecule has 0 radical (unpaired) electrons. The zero-order valence-corrected chi connectivity index (χ0v) is 24.3. The molecule has 11 nitrogen and oxygen atoms in total. The average Bonchev–Trinajstić information content (AvgIpc) is 3.03. The normalized spacial score (nSPS) is 17.9. The maximum Gasteiger partial charge on any atom is 0.410 e. The van der Waals surface area contributed by atoms with Crippen molar-refractivity contribution in [1.82, 2.24) is 20.4 Å². The van der Waals surface area contributed by atoms with E-state index in [1.165, 1.54) is 0 Å². The minimum Gasteiger partial charge on any atom is -0.481 e. The van der Waals surface area contributed by atoms with Crippen LogP contribution in [0.4, 0.5) is 4.79 Å². The molecule has 2 fully saturated rings. The fourth-order valence-electron chi connectivity index (χ4n) is 5.55. The fourth-order valence-corrected chi connectivity index (χ4v) is 5.55. The Hall–Kier alpha value is -4.41. The van der Waals surface area contributed by atoms with E-state index in [-0.39, 0.29) is 31.1 Å². The van der Waals surface area contributed by atoms with E-state index in [0.29, 0.717) is 56.8 Å². The highest BCUT2D eigenvalue weighted by Gasteiger charge is 2.31. The second kappa shape index (κ2) is 15.7. The summed E-state index contributed by atoms with van der Waals surface area (Å²) < 4.78 is 5.44. The molecule has 43 heavy (non-hydrogen) atoms. The van der Waals surface area contributed by atoms with Crippen LogP contribution in [0.2, 0.25) is 0 Å². The standard InChI is InChI=1S/C32H40N4O7/c37-28(14-13-23-15-18-35(19-16-23)32(42)43-22-24-8-3-1-4-9-24)36-17-7-12-26(21-36)31(41)34-27(20-29(38)39)33-30(40)25-10-5-2-6-11-25/h1-6,8-11,23,26-27H,7,12-22H2,(H,33,40)(H,34,41)(H,38,39)/t26-,27+/m1/s1. The SMILES string of the molecule is O=C(O)C[C@@H](NC(=O)c1ccccc1)NC(=O)[C@@H]1CCCN(C(=O)CCC2CCN(C(=O)OCc3ccccc3)CC2)C1. The maximum absolute atomic E-state index is 13.1. The molecular weight excluding hydrogens is 552 g/mol. The van der Waals surface area contributed by atoms with Gasteiger partial charge in [-0.1, -0.05) is 48.5 Å². The van der Waals surface area contributed by atoms with Crippen molar-refractivity contribution in [3.63, 3.8) is 0 Å². The van der Waals surface area contributed by atoms with Crippen LogP contribution < -0.4 is 10.6 Å². The highest BCUT2D eigenvalue weighted by molar-refractivity contribution is 5.95. The van der Waals surface area contributed by atoms with E-state index in [1.54, 1.807) is 40.1 Å². The first-order valence-corrected chi connectivity index (χ1v) is 14.9. The number of carboxylic acids is 1. The van der Waals surface area contributed by atoms with Crippen LogP contribution in [-0.4, -0.2) is 77.0 Å². The van der Waals surface area contributed by atoms with Gasteiger partial charge in [0, 0.05) is 38.2 Å². The Morgan fingerprint density at radius 3 is 2.21 bits per heavy atom. The van der Waals surface area contributed by atoms with Gasteiger partial charge in [-0.2, -0.15) is 0 Å². The number of carbonyl (C=O) groups is 5. The number of carboxylic acid groups (broad SMARTS) is 1. The van der Waals surface area contributed by atoms with E-state index in [0.717, 1.165) is 18.4 Å². The van der Waals surface area contributed by atoms with Gasteiger partial charge in [0.1, 0.15) is 12.8 Å². The Morgan fingerprint density at radius 2 is 1.53 bits per heavy atom. The van der Waals surface area contributed by atoms with Gasteiger partial charge in [0.2, 0.25) is 11.8 Å². The van der Waals surface area contributed by atoms with Gasteiger partial charge in [-0.15, -0.1) is 0 Å². The third-order valence-corrected chi connectivity index (χ3v) is 8.03. The van der Waals surface area contributed by atoms with Gasteiger partial charge < -0.3 is 30.3 Å². The predicted molar refractivity (Wildman–Crippen MR) is 158 cm³/mol. The van der Waals surface area contributed by atoms with Crippen LogP contribution in [0.15, 0.2) is 60.7 Å². The number of hydrogen-bond acceptors (Lipinski definition) is 6. The molecule has 0 spiro atoms. The van der Waals surface area contributed by atoms with Gasteiger partial charge in [0.25, 0.3) is 5.91 Å². The number of hydrogen-bond donors (Lipinski definition) is 3. The molecule has 2 heterocycles. The molecule has 3 N–H and O–H groups in total. The van der Waals surface area contributed by atoms with E-state index in [4.69, 9.17) is 4.74 Å². The lowest BCUT2D eigenvalue weighted by Crippen LogP contribution is -2.53. The molecule has 0 aromatic heterocycles. The molecule has 2 aromatic carbocycles. The van der Waals surface area contributed by atoms with Gasteiger partial charge in [0.15, 0.2) is 0 Å². The van der Waals surface area contributed by atoms with Crippen LogP contribution in [-0.2, 0) is 25.7 Å². The van der Waals surface area contributed by atoms with Crippen LogP contribution in [0.5, 0.6) is 0 Å². The number of piperidine rings is 2. The minimum absolute atomic E-state index is 0.0123. The maximum atomic E-state index is 13.1. The largest absolute Gasteiger partial charge is 0.481 e. The summed E-state index contributed by atoms with van der Waals surface area (Å²) >= 11 is 0. The van der Waals surface area contributed by atoms with Gasteiger partial charge in [0.05, 0.1) is 12.3 Å². The van der Waals surface area contributed by atoms with Crippen molar-refractivity contribution in [2.45, 2.75) is 57.7 Å². The van der Waals surface area contributed by atoms with Crippen LogP contribution in [0.3, 0.4) is 0 Å². The smallest absolute Gasteiger partial charge is 0.410 e. The molecule has 0 unspecified atom stereocenters. The molecule has 2 aliphatic rings. The van der Waals surface area contributed by atoms with E-state index < -0.39 is 30.4 Å². The second-order valence-corrected chi connectivity index (χ2v) is 11.2. The number of rotatable bonds is 11. The van der Waals surface area contributed by atoms with Gasteiger partial charge in [-0.25, -0.2) is 4.79 Å². The third kappa shape index (κ3) is 9.83. The predicted octanol–water partition coefficient (Wildman–Crippen LogP) is 3.40. The number of ether oxygens (including phenoxy) is 1. The van der Waals surface area contributed by atoms with Crippen molar-refractivity contribution < 1.29 is 33.8 Å². The number of nitrogens with zero attached hydrogens (tertiary/aromatic N) is 2. The monoisotopic (exact) mass is 592 g/mol. The Balaban J connectivity index is 1.19. The molecule has 2 saturated heterocycles. The van der Waals surface area contributed by atoms with Crippen LogP contribution in [0, 0.1) is 11.8 Å². The van der Waals surface area contributed by atoms with Gasteiger partial charge in [-0.05, 0) is 55.7 Å². The lowest BCUT2D eigenvalue weighted by atomic mass is 9.91. The minimum atomic E-state index is -1.16. The lowest BCUT2D eigenvalue weighted by molar-refractivity contribution is -0.138. The van der Waals surface area contributed by atoms with E-state index in [1.807, 2.05) is 30.3 Å². The zero-order valence-electron chi connectivity index (χ0n) is 24.3. The van der Waals surface area contributed by atoms with E-state index in [9.17, 15) is 29.1 Å². The van der Waals surface area contributed by atoms with E-state index in [2.05, 4.69) is 10.6 Å². The highest BCUT2D eigenvalue weighted by atomic mass is 16.6. The van der Waals surface area contributed by atoms with Crippen molar-refractivity contribution >= 4 is 29.8 Å². The van der Waals surface area contributed by atoms with Crippen molar-refractivity contribution in [2.24, 2.45) is 11.8 Å². The van der Waals surface area contributed by atoms with Crippen molar-refractivity contribution in [2.75, 3.05) is 26.2 Å². The first kappa shape index (κ1) is 31.5. The summed E-state index contributed by atoms with van der Waals surface area (Å²) in [4.78, 5) is 65.9. The van der Waals surface area contributed by atoms with E-state index >= 15 is 0 Å².